The predicted octanol–water partition coefficient (Wildman–Crippen LogP) is 2.79. The maximum absolute atomic E-state index is 12.3. The zero-order valence-corrected chi connectivity index (χ0v) is 18.8. The third-order valence-corrected chi connectivity index (χ3v) is 6.49. The number of hydrogen-bond donors (Lipinski definition) is 2. The summed E-state index contributed by atoms with van der Waals surface area (Å²) in [5, 5.41) is 2.77. The molecule has 2 amide bonds. The van der Waals surface area contributed by atoms with Gasteiger partial charge >= 0.3 is 6.03 Å². The molecule has 1 fully saturated rings. The summed E-state index contributed by atoms with van der Waals surface area (Å²) in [5.41, 5.74) is 4.54. The van der Waals surface area contributed by atoms with Crippen LogP contribution in [-0.4, -0.2) is 56.8 Å². The lowest BCUT2D eigenvalue weighted by Gasteiger charge is -2.39. The number of amides is 2. The maximum Gasteiger partial charge on any atom is 0.332 e. The molecule has 0 aliphatic heterocycles. The van der Waals surface area contributed by atoms with Gasteiger partial charge < -0.3 is 15.0 Å². The fourth-order valence-corrected chi connectivity index (χ4v) is 4.61. The Morgan fingerprint density at radius 1 is 1.19 bits per heavy atom. The summed E-state index contributed by atoms with van der Waals surface area (Å²) in [6.07, 6.45) is 7.51. The number of rotatable bonds is 6. The number of nitrogens with zero attached hydrogens (tertiary/aromatic N) is 2. The highest BCUT2D eigenvalue weighted by Crippen LogP contribution is 2.38. The normalized spacial score (nSPS) is 20.1. The van der Waals surface area contributed by atoms with Gasteiger partial charge in [0, 0.05) is 36.7 Å². The van der Waals surface area contributed by atoms with Crippen LogP contribution in [0.25, 0.3) is 11.1 Å². The van der Waals surface area contributed by atoms with Crippen LogP contribution >= 0.6 is 0 Å². The summed E-state index contributed by atoms with van der Waals surface area (Å²) in [6, 6.07) is 7.55. The first kappa shape index (κ1) is 21.6. The lowest BCUT2D eigenvalue weighted by atomic mass is 9.88. The van der Waals surface area contributed by atoms with Gasteiger partial charge in [-0.3, -0.25) is 0 Å². The van der Waals surface area contributed by atoms with E-state index in [1.165, 1.54) is 5.56 Å². The number of carbonyl (C=O) groups is 1. The molecule has 0 unspecified atom stereocenters. The van der Waals surface area contributed by atoms with Crippen molar-refractivity contribution in [1.82, 2.24) is 14.6 Å². The first-order valence-electron chi connectivity index (χ1n) is 10.4. The first-order valence-corrected chi connectivity index (χ1v) is 12.3. The number of hydrogen-bond acceptors (Lipinski definition) is 6. The van der Waals surface area contributed by atoms with Crippen molar-refractivity contribution in [3.63, 3.8) is 0 Å². The topological polar surface area (TPSA) is 101 Å². The molecular formula is C22H28N4O4S. The molecule has 4 rings (SSSR count). The highest BCUT2D eigenvalue weighted by Gasteiger charge is 2.32. The standard InChI is InChI=1S/C22H28N4O4S/c1-26(2)16-12-17(13-16)30-20-11-15(9-10-23-20)19-8-7-14-5-4-6-18(14)21(19)24-22(27)25-31(3,28)29/h7-11,16-17H,4-6,12-13H2,1-3H3,(H2,24,25,27). The van der Waals surface area contributed by atoms with Gasteiger partial charge in [0.2, 0.25) is 15.9 Å². The van der Waals surface area contributed by atoms with E-state index in [1.807, 2.05) is 22.9 Å². The van der Waals surface area contributed by atoms with Crippen molar-refractivity contribution in [2.45, 2.75) is 44.2 Å². The molecule has 31 heavy (non-hydrogen) atoms. The van der Waals surface area contributed by atoms with E-state index >= 15 is 0 Å². The van der Waals surface area contributed by atoms with Gasteiger partial charge in [0.05, 0.1) is 11.9 Å². The zero-order chi connectivity index (χ0) is 22.2. The predicted molar refractivity (Wildman–Crippen MR) is 120 cm³/mol. The molecular weight excluding hydrogens is 416 g/mol. The van der Waals surface area contributed by atoms with Crippen molar-refractivity contribution < 1.29 is 17.9 Å². The summed E-state index contributed by atoms with van der Waals surface area (Å²) in [4.78, 5) is 18.9. The summed E-state index contributed by atoms with van der Waals surface area (Å²) < 4.78 is 31.0. The Balaban J connectivity index is 1.60. The van der Waals surface area contributed by atoms with E-state index in [0.717, 1.165) is 55.1 Å². The number of aromatic nitrogens is 1. The third-order valence-electron chi connectivity index (χ3n) is 5.93. The number of sulfonamides is 1. The second-order valence-electron chi connectivity index (χ2n) is 8.52. The van der Waals surface area contributed by atoms with Gasteiger partial charge in [-0.05, 0) is 56.1 Å². The fraction of sp³-hybridized carbons (Fsp3) is 0.455. The van der Waals surface area contributed by atoms with Crippen LogP contribution in [0.15, 0.2) is 30.5 Å². The van der Waals surface area contributed by atoms with Crippen molar-refractivity contribution in [3.05, 3.63) is 41.6 Å². The first-order chi connectivity index (χ1) is 14.7. The van der Waals surface area contributed by atoms with E-state index < -0.39 is 16.1 Å². The Morgan fingerprint density at radius 2 is 1.97 bits per heavy atom. The summed E-state index contributed by atoms with van der Waals surface area (Å²) in [5.74, 6) is 0.548. The maximum atomic E-state index is 12.3. The molecule has 9 heteroatoms. The van der Waals surface area contributed by atoms with E-state index in [1.54, 1.807) is 6.20 Å². The van der Waals surface area contributed by atoms with Crippen LogP contribution in [0.2, 0.25) is 0 Å². The van der Waals surface area contributed by atoms with Crippen molar-refractivity contribution >= 4 is 21.7 Å². The van der Waals surface area contributed by atoms with Gasteiger partial charge in [0.25, 0.3) is 0 Å². The molecule has 2 aromatic rings. The number of carbonyl (C=O) groups excluding carboxylic acids is 1. The molecule has 0 radical (unpaired) electrons. The van der Waals surface area contributed by atoms with Crippen LogP contribution in [0.1, 0.15) is 30.4 Å². The van der Waals surface area contributed by atoms with Gasteiger partial charge in [-0.1, -0.05) is 12.1 Å². The van der Waals surface area contributed by atoms with Crippen LogP contribution < -0.4 is 14.8 Å². The summed E-state index contributed by atoms with van der Waals surface area (Å²) in [6.45, 7) is 0. The molecule has 1 aromatic carbocycles. The van der Waals surface area contributed by atoms with Crippen LogP contribution in [0.3, 0.4) is 0 Å². The molecule has 2 N–H and O–H groups in total. The number of urea groups is 1. The van der Waals surface area contributed by atoms with Crippen molar-refractivity contribution in [2.24, 2.45) is 0 Å². The highest BCUT2D eigenvalue weighted by molar-refractivity contribution is 7.89. The molecule has 1 heterocycles. The Kier molecular flexibility index (Phi) is 5.90. The highest BCUT2D eigenvalue weighted by atomic mass is 32.2. The van der Waals surface area contributed by atoms with Crippen molar-refractivity contribution in [3.8, 4) is 17.0 Å². The molecule has 0 atom stereocenters. The number of aryl methyl sites for hydroxylation is 1. The Bertz CT molecular complexity index is 1090. The minimum atomic E-state index is -3.66. The van der Waals surface area contributed by atoms with Gasteiger partial charge in [0.1, 0.15) is 6.10 Å². The smallest absolute Gasteiger partial charge is 0.332 e. The Labute approximate surface area is 183 Å². The molecule has 2 aliphatic rings. The van der Waals surface area contributed by atoms with E-state index in [9.17, 15) is 13.2 Å². The average Bonchev–Trinajstić information content (AvgIpc) is 3.12. The molecule has 1 saturated carbocycles. The third kappa shape index (κ3) is 4.99. The van der Waals surface area contributed by atoms with E-state index in [4.69, 9.17) is 4.74 Å². The minimum absolute atomic E-state index is 0.147. The monoisotopic (exact) mass is 444 g/mol. The number of anilines is 1. The van der Waals surface area contributed by atoms with Crippen LogP contribution in [-0.2, 0) is 22.9 Å². The summed E-state index contributed by atoms with van der Waals surface area (Å²) >= 11 is 0. The largest absolute Gasteiger partial charge is 0.474 e. The number of pyridine rings is 1. The number of benzene rings is 1. The summed E-state index contributed by atoms with van der Waals surface area (Å²) in [7, 11) is 0.485. The SMILES string of the molecule is CN(C)C1CC(Oc2cc(-c3ccc4c(c3NC(=O)NS(C)(=O)=O)CCC4)ccn2)C1. The lowest BCUT2D eigenvalue weighted by Crippen LogP contribution is -2.46. The number of nitrogens with one attached hydrogen (secondary N) is 2. The quantitative estimate of drug-likeness (QED) is 0.711. The number of fused-ring (bicyclic) bond motifs is 1. The minimum Gasteiger partial charge on any atom is -0.474 e. The van der Waals surface area contributed by atoms with Gasteiger partial charge in [-0.25, -0.2) is 22.9 Å². The molecule has 2 aliphatic carbocycles. The molecule has 1 aromatic heterocycles. The van der Waals surface area contributed by atoms with Crippen molar-refractivity contribution in [2.75, 3.05) is 25.7 Å². The molecule has 0 bridgehead atoms. The van der Waals surface area contributed by atoms with Crippen LogP contribution in [0.5, 0.6) is 5.88 Å². The molecule has 0 saturated heterocycles. The van der Waals surface area contributed by atoms with Crippen molar-refractivity contribution in [1.29, 1.82) is 0 Å². The van der Waals surface area contributed by atoms with Crippen LogP contribution in [0.4, 0.5) is 10.5 Å². The molecule has 166 valence electrons. The van der Waals surface area contributed by atoms with E-state index in [-0.39, 0.29) is 6.10 Å². The van der Waals surface area contributed by atoms with Gasteiger partial charge in [0.15, 0.2) is 0 Å². The van der Waals surface area contributed by atoms with E-state index in [0.29, 0.717) is 17.6 Å². The zero-order valence-electron chi connectivity index (χ0n) is 18.0. The molecule has 8 nitrogen and oxygen atoms in total. The van der Waals surface area contributed by atoms with Crippen LogP contribution in [0, 0.1) is 0 Å². The second-order valence-corrected chi connectivity index (χ2v) is 10.3. The van der Waals surface area contributed by atoms with E-state index in [2.05, 4.69) is 35.4 Å². The Morgan fingerprint density at radius 3 is 2.68 bits per heavy atom. The fourth-order valence-electron chi connectivity index (χ4n) is 4.23. The Hall–Kier alpha value is -2.65. The molecule has 0 spiro atoms. The number of ether oxygens (including phenoxy) is 1. The lowest BCUT2D eigenvalue weighted by molar-refractivity contribution is 0.0370. The average molecular weight is 445 g/mol. The van der Waals surface area contributed by atoms with Gasteiger partial charge in [-0.15, -0.1) is 0 Å². The van der Waals surface area contributed by atoms with Gasteiger partial charge in [-0.2, -0.15) is 0 Å². The second kappa shape index (κ2) is 8.47.